The average molecular weight is 399 g/mol. The summed E-state index contributed by atoms with van der Waals surface area (Å²) >= 11 is 0. The molecule has 15 nitrogen and oxygen atoms in total. The zero-order valence-electron chi connectivity index (χ0n) is 13.5. The van der Waals surface area contributed by atoms with E-state index < -0.39 is 72.6 Å². The minimum absolute atomic E-state index is 1.14. The summed E-state index contributed by atoms with van der Waals surface area (Å²) in [5.74, 6) is -3.90. The van der Waals surface area contributed by atoms with E-state index in [2.05, 4.69) is 10.0 Å². The summed E-state index contributed by atoms with van der Waals surface area (Å²) in [4.78, 5) is 2.14. The summed E-state index contributed by atoms with van der Waals surface area (Å²) in [7, 11) is 0. The van der Waals surface area contributed by atoms with Crippen LogP contribution in [0.15, 0.2) is 5.11 Å². The monoisotopic (exact) mass is 399 g/mol. The third kappa shape index (κ3) is 2.65. The molecule has 0 radical (unpaired) electrons. The Morgan fingerprint density at radius 1 is 0.815 bits per heavy atom. The van der Waals surface area contributed by atoms with E-state index in [4.69, 9.17) is 10.3 Å². The molecule has 27 heavy (non-hydrogen) atoms. The third-order valence-electron chi connectivity index (χ3n) is 5.11. The van der Waals surface area contributed by atoms with Crippen molar-refractivity contribution in [3.05, 3.63) is 10.4 Å². The van der Waals surface area contributed by atoms with Gasteiger partial charge in [0, 0.05) is 4.91 Å². The lowest BCUT2D eigenvalue weighted by atomic mass is 9.65. The lowest BCUT2D eigenvalue weighted by Gasteiger charge is -2.60. The lowest BCUT2D eigenvalue weighted by Crippen LogP contribution is -2.87. The molecule has 1 aliphatic carbocycles. The molecule has 0 spiro atoms. The minimum atomic E-state index is -3.90. The molecule has 5 unspecified atom stereocenters. The van der Waals surface area contributed by atoms with Crippen molar-refractivity contribution in [3.8, 4) is 0 Å². The maximum atomic E-state index is 10.9. The maximum Gasteiger partial charge on any atom is 0.239 e. The normalized spacial score (nSPS) is 56.4. The van der Waals surface area contributed by atoms with Crippen LogP contribution in [0.2, 0.25) is 0 Å². The van der Waals surface area contributed by atoms with Gasteiger partial charge in [-0.2, -0.15) is 0 Å². The number of azide groups is 1. The van der Waals surface area contributed by atoms with Crippen LogP contribution >= 0.6 is 0 Å². The van der Waals surface area contributed by atoms with Crippen molar-refractivity contribution in [1.29, 1.82) is 0 Å². The van der Waals surface area contributed by atoms with E-state index in [0.29, 0.717) is 0 Å². The van der Waals surface area contributed by atoms with E-state index >= 15 is 0 Å². The Bertz CT molecular complexity index is 602. The Kier molecular flexibility index (Phi) is 5.75. The van der Waals surface area contributed by atoms with Crippen LogP contribution in [0.1, 0.15) is 0 Å². The zero-order valence-corrected chi connectivity index (χ0v) is 13.5. The van der Waals surface area contributed by atoms with Gasteiger partial charge in [-0.05, 0) is 5.53 Å². The minimum Gasteiger partial charge on any atom is -0.394 e. The molecule has 11 N–H and O–H groups in total. The lowest BCUT2D eigenvalue weighted by molar-refractivity contribution is -0.465. The highest BCUT2D eigenvalue weighted by Gasteiger charge is 2.78. The van der Waals surface area contributed by atoms with Crippen LogP contribution in [0, 0.1) is 0 Å². The van der Waals surface area contributed by atoms with Crippen molar-refractivity contribution in [1.82, 2.24) is 0 Å². The van der Waals surface area contributed by atoms with Crippen LogP contribution in [-0.4, -0.2) is 129 Å². The van der Waals surface area contributed by atoms with Gasteiger partial charge in [0.15, 0.2) is 5.60 Å². The summed E-state index contributed by atoms with van der Waals surface area (Å²) in [6, 6.07) is 0. The van der Waals surface area contributed by atoms with Crippen LogP contribution in [0.3, 0.4) is 0 Å². The van der Waals surface area contributed by atoms with Gasteiger partial charge >= 0.3 is 0 Å². The summed E-state index contributed by atoms with van der Waals surface area (Å²) in [6.45, 7) is -1.14. The fraction of sp³-hybridized carbons (Fsp3) is 1.00. The fourth-order valence-corrected chi connectivity index (χ4v) is 3.42. The number of rotatable bonds is 3. The van der Waals surface area contributed by atoms with Gasteiger partial charge < -0.3 is 60.9 Å². The first-order valence-electron chi connectivity index (χ1n) is 7.63. The molecule has 1 saturated carbocycles. The SMILES string of the molecule is [N-]=[N+]=N[C@@]1(O)[C@@H](O)[C@H](O)[C@@H](CO)OC1(O)C1(O)C(O)C(O)C(O)C(O)C1O. The van der Waals surface area contributed by atoms with E-state index in [1.165, 1.54) is 0 Å². The van der Waals surface area contributed by atoms with Gasteiger partial charge in [-0.3, -0.25) is 0 Å². The number of aliphatic hydroxyl groups excluding tert-OH is 8. The molecule has 156 valence electrons. The first-order valence-corrected chi connectivity index (χ1v) is 7.63. The molecule has 0 bridgehead atoms. The second-order valence-corrected chi connectivity index (χ2v) is 6.52. The molecule has 15 heteroatoms. The average Bonchev–Trinajstić information content (AvgIpc) is 2.64. The predicted molar refractivity (Wildman–Crippen MR) is 78.0 cm³/mol. The van der Waals surface area contributed by atoms with E-state index in [0.717, 1.165) is 0 Å². The molecular weight excluding hydrogens is 378 g/mol. The molecule has 2 fully saturated rings. The second kappa shape index (κ2) is 7.02. The van der Waals surface area contributed by atoms with Gasteiger partial charge in [-0.15, -0.1) is 0 Å². The van der Waals surface area contributed by atoms with Gasteiger partial charge in [-0.1, -0.05) is 5.11 Å². The van der Waals surface area contributed by atoms with Gasteiger partial charge in [0.1, 0.15) is 48.8 Å². The second-order valence-electron chi connectivity index (χ2n) is 6.52. The summed E-state index contributed by atoms with van der Waals surface area (Å²) in [6.07, 6.45) is -19.4. The molecule has 1 saturated heterocycles. The summed E-state index contributed by atoms with van der Waals surface area (Å²) < 4.78 is 4.80. The van der Waals surface area contributed by atoms with Crippen LogP contribution in [-0.2, 0) is 4.74 Å². The topological polar surface area (TPSA) is 281 Å². The van der Waals surface area contributed by atoms with Crippen molar-refractivity contribution in [2.24, 2.45) is 5.11 Å². The van der Waals surface area contributed by atoms with Crippen molar-refractivity contribution in [3.63, 3.8) is 0 Å². The van der Waals surface area contributed by atoms with Crippen molar-refractivity contribution < 1.29 is 60.9 Å². The van der Waals surface area contributed by atoms with E-state index in [1.54, 1.807) is 0 Å². The number of aliphatic hydroxyl groups is 11. The molecule has 1 heterocycles. The number of hydrogen-bond donors (Lipinski definition) is 11. The Hall–Kier alpha value is -1.17. The number of nitrogens with zero attached hydrogens (tertiary/aromatic N) is 3. The molecule has 0 aromatic rings. The van der Waals surface area contributed by atoms with Crippen LogP contribution in [0.4, 0.5) is 0 Å². The zero-order chi connectivity index (χ0) is 20.9. The summed E-state index contributed by atoms with van der Waals surface area (Å²) in [5, 5.41) is 114. The van der Waals surface area contributed by atoms with Crippen LogP contribution in [0.5, 0.6) is 0 Å². The standard InChI is InChI=1S/C12H21N3O12/c13-15-14-11(25)9(23)3(17)2(1-16)27-12(11,26)10(24)7(21)5(19)4(18)6(20)8(10)22/h2-9,16-26H,1H2/t2-,3-,4?,5?,6?,7?,8?,9+,10?,11-,12?/m1/s1. The van der Waals surface area contributed by atoms with Crippen LogP contribution in [0.25, 0.3) is 10.4 Å². The Labute approximate surface area is 150 Å². The molecule has 2 rings (SSSR count). The van der Waals surface area contributed by atoms with Crippen molar-refractivity contribution in [2.45, 2.75) is 65.9 Å². The van der Waals surface area contributed by atoms with Crippen LogP contribution < -0.4 is 0 Å². The highest BCUT2D eigenvalue weighted by Crippen LogP contribution is 2.49. The quantitative estimate of drug-likeness (QED) is 0.120. The molecule has 0 aromatic carbocycles. The van der Waals surface area contributed by atoms with E-state index in [9.17, 15) is 56.2 Å². The van der Waals surface area contributed by atoms with E-state index in [-0.39, 0.29) is 0 Å². The molecule has 0 aromatic heterocycles. The third-order valence-corrected chi connectivity index (χ3v) is 5.11. The Morgan fingerprint density at radius 3 is 1.70 bits per heavy atom. The Balaban J connectivity index is 2.73. The van der Waals surface area contributed by atoms with Gasteiger partial charge in [0.05, 0.1) is 6.61 Å². The first kappa shape index (κ1) is 22.1. The molecule has 0 amide bonds. The Morgan fingerprint density at radius 2 is 1.30 bits per heavy atom. The molecule has 1 aliphatic heterocycles. The smallest absolute Gasteiger partial charge is 0.239 e. The molecular formula is C12H21N3O12. The van der Waals surface area contributed by atoms with E-state index in [1.807, 2.05) is 0 Å². The highest BCUT2D eigenvalue weighted by molar-refractivity contribution is 5.22. The number of hydrogen-bond acceptors (Lipinski definition) is 13. The molecule has 9 atom stereocenters. The summed E-state index contributed by atoms with van der Waals surface area (Å²) in [5.41, 5.74) is 1.24. The highest BCUT2D eigenvalue weighted by atomic mass is 16.7. The van der Waals surface area contributed by atoms with Gasteiger partial charge in [0.25, 0.3) is 0 Å². The van der Waals surface area contributed by atoms with Gasteiger partial charge in [0.2, 0.25) is 11.5 Å². The van der Waals surface area contributed by atoms with Crippen molar-refractivity contribution >= 4 is 0 Å². The largest absolute Gasteiger partial charge is 0.394 e. The molecule has 2 aliphatic rings. The van der Waals surface area contributed by atoms with Gasteiger partial charge in [-0.25, -0.2) is 0 Å². The first-order chi connectivity index (χ1) is 12.3. The maximum absolute atomic E-state index is 10.9. The predicted octanol–water partition coefficient (Wildman–Crippen LogP) is -6.66. The number of ether oxygens (including phenoxy) is 1. The van der Waals surface area contributed by atoms with Crippen molar-refractivity contribution in [2.75, 3.05) is 6.61 Å². The fourth-order valence-electron chi connectivity index (χ4n) is 3.42.